The topological polar surface area (TPSA) is 64.5 Å². The van der Waals surface area contributed by atoms with E-state index in [-0.39, 0.29) is 6.10 Å². The summed E-state index contributed by atoms with van der Waals surface area (Å²) in [6.45, 7) is 8.70. The summed E-state index contributed by atoms with van der Waals surface area (Å²) in [6.07, 6.45) is 0.241. The van der Waals surface area contributed by atoms with E-state index in [1.165, 1.54) is 6.54 Å². The lowest BCUT2D eigenvalue weighted by Gasteiger charge is -2.30. The van der Waals surface area contributed by atoms with Crippen LogP contribution in [0.3, 0.4) is 0 Å². The number of morpholine rings is 1. The van der Waals surface area contributed by atoms with Crippen molar-refractivity contribution < 1.29 is 14.4 Å². The number of thioether (sulfide) groups is 1. The largest absolute Gasteiger partial charge is 0.496 e. The van der Waals surface area contributed by atoms with Crippen LogP contribution in [0, 0.1) is 5.92 Å². The average Bonchev–Trinajstić information content (AvgIpc) is 3.08. The molecule has 26 heavy (non-hydrogen) atoms. The number of benzene rings is 1. The third kappa shape index (κ3) is 5.13. The molecule has 1 fully saturated rings. The van der Waals surface area contributed by atoms with Crippen LogP contribution in [0.1, 0.15) is 13.8 Å². The molecule has 2 atom stereocenters. The number of H-pyrrole nitrogens is 1. The minimum absolute atomic E-state index is 0.241. The van der Waals surface area contributed by atoms with Crippen LogP contribution < -0.4 is 9.64 Å². The maximum absolute atomic E-state index is 6.10. The second-order valence-electron chi connectivity index (χ2n) is 6.92. The van der Waals surface area contributed by atoms with E-state index in [1.807, 2.05) is 12.1 Å². The lowest BCUT2D eigenvalue weighted by molar-refractivity contribution is -0.914. The Balaban J connectivity index is 1.60. The van der Waals surface area contributed by atoms with Crippen LogP contribution in [-0.2, 0) is 4.74 Å². The summed E-state index contributed by atoms with van der Waals surface area (Å²) in [7, 11) is 1.63. The molecule has 1 unspecified atom stereocenters. The molecule has 2 heterocycles. The fourth-order valence-electron chi connectivity index (χ4n) is 3.19. The molecule has 0 aliphatic carbocycles. The molecule has 1 saturated heterocycles. The Morgan fingerprint density at radius 3 is 3.08 bits per heavy atom. The molecule has 3 rings (SSSR count). The lowest BCUT2D eigenvalue weighted by atomic mass is 10.2. The summed E-state index contributed by atoms with van der Waals surface area (Å²) in [6, 6.07) is 5.45. The van der Waals surface area contributed by atoms with E-state index in [0.29, 0.717) is 27.7 Å². The highest BCUT2D eigenvalue weighted by Crippen LogP contribution is 2.31. The van der Waals surface area contributed by atoms with Gasteiger partial charge in [0.1, 0.15) is 24.9 Å². The minimum Gasteiger partial charge on any atom is -0.496 e. The number of aromatic amines is 1. The van der Waals surface area contributed by atoms with Crippen molar-refractivity contribution in [2.45, 2.75) is 25.1 Å². The van der Waals surface area contributed by atoms with Crippen molar-refractivity contribution in [2.75, 3.05) is 39.1 Å². The van der Waals surface area contributed by atoms with Crippen molar-refractivity contribution in [3.63, 3.8) is 0 Å². The normalized spacial score (nSPS) is 20.5. The summed E-state index contributed by atoms with van der Waals surface area (Å²) in [5, 5.41) is 8.64. The third-order valence-corrected chi connectivity index (χ3v) is 5.52. The van der Waals surface area contributed by atoms with Gasteiger partial charge in [0.15, 0.2) is 5.82 Å². The molecule has 0 amide bonds. The molecule has 0 bridgehead atoms. The van der Waals surface area contributed by atoms with Crippen LogP contribution in [0.2, 0.25) is 5.02 Å². The summed E-state index contributed by atoms with van der Waals surface area (Å²) in [4.78, 5) is 6.20. The molecule has 1 aliphatic heterocycles. The molecule has 0 spiro atoms. The zero-order valence-corrected chi connectivity index (χ0v) is 17.0. The van der Waals surface area contributed by atoms with E-state index in [2.05, 4.69) is 29.0 Å². The Morgan fingerprint density at radius 2 is 2.31 bits per heavy atom. The van der Waals surface area contributed by atoms with Crippen molar-refractivity contribution in [2.24, 2.45) is 5.92 Å². The number of nitrogens with zero attached hydrogens (tertiary/aromatic N) is 2. The van der Waals surface area contributed by atoms with Crippen molar-refractivity contribution in [1.82, 2.24) is 15.2 Å². The molecule has 2 aromatic rings. The Kier molecular flexibility index (Phi) is 6.80. The first-order chi connectivity index (χ1) is 12.5. The van der Waals surface area contributed by atoms with Gasteiger partial charge in [0.2, 0.25) is 5.16 Å². The monoisotopic (exact) mass is 397 g/mol. The second kappa shape index (κ2) is 9.08. The van der Waals surface area contributed by atoms with Crippen LogP contribution in [0.5, 0.6) is 5.75 Å². The lowest BCUT2D eigenvalue weighted by Crippen LogP contribution is -3.15. The van der Waals surface area contributed by atoms with Gasteiger partial charge in [-0.15, -0.1) is 5.10 Å². The number of methoxy groups -OCH3 is 1. The third-order valence-electron chi connectivity index (χ3n) is 4.30. The molecule has 1 aromatic heterocycles. The quantitative estimate of drug-likeness (QED) is 0.701. The number of halogens is 1. The Labute approximate surface area is 163 Å². The zero-order valence-electron chi connectivity index (χ0n) is 15.4. The molecule has 2 N–H and O–H groups in total. The molecule has 0 radical (unpaired) electrons. The van der Waals surface area contributed by atoms with Gasteiger partial charge in [0.05, 0.1) is 25.8 Å². The van der Waals surface area contributed by atoms with Crippen molar-refractivity contribution in [1.29, 1.82) is 0 Å². The van der Waals surface area contributed by atoms with Gasteiger partial charge in [-0.05, 0) is 18.2 Å². The first-order valence-corrected chi connectivity index (χ1v) is 10.3. The Morgan fingerprint density at radius 1 is 1.46 bits per heavy atom. The van der Waals surface area contributed by atoms with Gasteiger partial charge in [0, 0.05) is 16.7 Å². The highest BCUT2D eigenvalue weighted by Gasteiger charge is 2.25. The molecular formula is C18H26ClN4O2S+. The van der Waals surface area contributed by atoms with E-state index in [1.54, 1.807) is 29.8 Å². The van der Waals surface area contributed by atoms with Crippen molar-refractivity contribution in [3.8, 4) is 17.1 Å². The van der Waals surface area contributed by atoms with Crippen LogP contribution in [0.25, 0.3) is 11.4 Å². The van der Waals surface area contributed by atoms with Gasteiger partial charge in [-0.1, -0.05) is 37.2 Å². The summed E-state index contributed by atoms with van der Waals surface area (Å²) >= 11 is 7.72. The molecule has 6 nitrogen and oxygen atoms in total. The number of hydrogen-bond acceptors (Lipinski definition) is 5. The van der Waals surface area contributed by atoms with Crippen LogP contribution in [0.4, 0.5) is 0 Å². The fourth-order valence-corrected chi connectivity index (χ4v) is 4.17. The summed E-state index contributed by atoms with van der Waals surface area (Å²) in [5.74, 6) is 2.93. The summed E-state index contributed by atoms with van der Waals surface area (Å²) < 4.78 is 11.3. The maximum atomic E-state index is 6.10. The van der Waals surface area contributed by atoms with Crippen molar-refractivity contribution in [3.05, 3.63) is 23.2 Å². The van der Waals surface area contributed by atoms with E-state index in [9.17, 15) is 0 Å². The first-order valence-electron chi connectivity index (χ1n) is 8.89. The second-order valence-corrected chi connectivity index (χ2v) is 8.34. The predicted molar refractivity (Wildman–Crippen MR) is 104 cm³/mol. The highest BCUT2D eigenvalue weighted by molar-refractivity contribution is 7.99. The smallest absolute Gasteiger partial charge is 0.208 e. The fraction of sp³-hybridized carbons (Fsp3) is 0.556. The maximum Gasteiger partial charge on any atom is 0.208 e. The number of quaternary nitrogens is 1. The van der Waals surface area contributed by atoms with Gasteiger partial charge in [0.25, 0.3) is 0 Å². The number of rotatable bonds is 7. The van der Waals surface area contributed by atoms with Gasteiger partial charge in [-0.2, -0.15) is 0 Å². The number of hydrogen-bond donors (Lipinski definition) is 2. The van der Waals surface area contributed by atoms with Gasteiger partial charge < -0.3 is 14.4 Å². The predicted octanol–water partition coefficient (Wildman–Crippen LogP) is 2.17. The van der Waals surface area contributed by atoms with Crippen LogP contribution in [-0.4, -0.2) is 60.4 Å². The average molecular weight is 398 g/mol. The SMILES string of the molecule is COc1ccc(Cl)cc1-c1nc(SC[C@H]2C[NH+](CC(C)C)CCO2)n[nH]1. The van der Waals surface area contributed by atoms with Gasteiger partial charge >= 0.3 is 0 Å². The van der Waals surface area contributed by atoms with Crippen LogP contribution in [0.15, 0.2) is 23.4 Å². The standard InChI is InChI=1S/C18H25ClN4O2S/c1-12(2)9-23-6-7-25-14(10-23)11-26-18-20-17(21-22-18)15-8-13(19)4-5-16(15)24-3/h4-5,8,12,14H,6-7,9-11H2,1-3H3,(H,20,21,22)/p+1/t14-/m1/s1. The Bertz CT molecular complexity index is 725. The molecule has 0 saturated carbocycles. The van der Waals surface area contributed by atoms with E-state index < -0.39 is 0 Å². The van der Waals surface area contributed by atoms with Gasteiger partial charge in [-0.3, -0.25) is 5.10 Å². The number of ether oxygens (including phenoxy) is 2. The highest BCUT2D eigenvalue weighted by atomic mass is 35.5. The summed E-state index contributed by atoms with van der Waals surface area (Å²) in [5.41, 5.74) is 0.806. The van der Waals surface area contributed by atoms with Crippen LogP contribution >= 0.6 is 23.4 Å². The van der Waals surface area contributed by atoms with E-state index in [0.717, 1.165) is 31.0 Å². The number of aromatic nitrogens is 3. The Hall–Kier alpha value is -1.28. The zero-order chi connectivity index (χ0) is 18.5. The van der Waals surface area contributed by atoms with E-state index >= 15 is 0 Å². The molecular weight excluding hydrogens is 372 g/mol. The molecule has 8 heteroatoms. The molecule has 142 valence electrons. The first kappa shape index (κ1) is 19.5. The molecule has 1 aliphatic rings. The number of nitrogens with one attached hydrogen (secondary N) is 2. The minimum atomic E-state index is 0.241. The van der Waals surface area contributed by atoms with E-state index in [4.69, 9.17) is 21.1 Å². The van der Waals surface area contributed by atoms with Gasteiger partial charge in [-0.25, -0.2) is 4.98 Å². The van der Waals surface area contributed by atoms with Crippen molar-refractivity contribution >= 4 is 23.4 Å². The molecule has 1 aromatic carbocycles.